The van der Waals surface area contributed by atoms with E-state index in [1.165, 1.54) is 0 Å². The fourth-order valence-corrected chi connectivity index (χ4v) is 2.53. The Morgan fingerprint density at radius 3 is 2.75 bits per heavy atom. The van der Waals surface area contributed by atoms with Crippen LogP contribution in [0.5, 0.6) is 0 Å². The van der Waals surface area contributed by atoms with E-state index in [2.05, 4.69) is 19.2 Å². The standard InChI is InChI=1S/C16H22N2O2/c1-11(2)8-9-17-15(19)16(20)18-12(3)10-13-6-4-5-7-14(13)18/h4-7,11-12H,8-10H2,1-3H3,(H,17,19). The lowest BCUT2D eigenvalue weighted by Gasteiger charge is -2.22. The number of amides is 2. The van der Waals surface area contributed by atoms with Crippen LogP contribution >= 0.6 is 0 Å². The van der Waals surface area contributed by atoms with Crippen molar-refractivity contribution in [1.29, 1.82) is 0 Å². The highest BCUT2D eigenvalue weighted by atomic mass is 16.2. The molecule has 0 bridgehead atoms. The monoisotopic (exact) mass is 274 g/mol. The number of hydrogen-bond donors (Lipinski definition) is 1. The molecule has 0 spiro atoms. The Labute approximate surface area is 120 Å². The first-order chi connectivity index (χ1) is 9.50. The predicted octanol–water partition coefficient (Wildman–Crippen LogP) is 2.13. The normalized spacial score (nSPS) is 17.2. The van der Waals surface area contributed by atoms with Gasteiger partial charge in [-0.2, -0.15) is 0 Å². The number of nitrogens with zero attached hydrogens (tertiary/aromatic N) is 1. The van der Waals surface area contributed by atoms with E-state index in [9.17, 15) is 9.59 Å². The Morgan fingerprint density at radius 1 is 1.35 bits per heavy atom. The Kier molecular flexibility index (Phi) is 4.42. The number of hydrogen-bond acceptors (Lipinski definition) is 2. The molecule has 1 atom stereocenters. The van der Waals surface area contributed by atoms with Gasteiger partial charge >= 0.3 is 11.8 Å². The summed E-state index contributed by atoms with van der Waals surface area (Å²) in [4.78, 5) is 25.9. The zero-order valence-electron chi connectivity index (χ0n) is 12.3. The molecule has 0 aromatic heterocycles. The molecule has 0 saturated carbocycles. The maximum Gasteiger partial charge on any atom is 0.316 e. The molecule has 0 aliphatic carbocycles. The molecule has 2 rings (SSSR count). The van der Waals surface area contributed by atoms with Crippen molar-refractivity contribution in [3.05, 3.63) is 29.8 Å². The molecule has 4 heteroatoms. The van der Waals surface area contributed by atoms with Crippen LogP contribution in [0.25, 0.3) is 0 Å². The molecule has 1 aliphatic heterocycles. The average Bonchev–Trinajstić information content (AvgIpc) is 2.73. The first-order valence-corrected chi connectivity index (χ1v) is 7.20. The maximum absolute atomic E-state index is 12.3. The van der Waals surface area contributed by atoms with Gasteiger partial charge in [0.05, 0.1) is 0 Å². The third kappa shape index (κ3) is 3.00. The second-order valence-corrected chi connectivity index (χ2v) is 5.80. The van der Waals surface area contributed by atoms with E-state index < -0.39 is 11.8 Å². The van der Waals surface area contributed by atoms with Crippen LogP contribution in [0.3, 0.4) is 0 Å². The van der Waals surface area contributed by atoms with Gasteiger partial charge in [-0.1, -0.05) is 32.0 Å². The molecule has 1 N–H and O–H groups in total. The molecule has 1 aromatic rings. The van der Waals surface area contributed by atoms with Gasteiger partial charge in [0.2, 0.25) is 0 Å². The summed E-state index contributed by atoms with van der Waals surface area (Å²) in [7, 11) is 0. The zero-order chi connectivity index (χ0) is 14.7. The fourth-order valence-electron chi connectivity index (χ4n) is 2.53. The molecule has 1 heterocycles. The van der Waals surface area contributed by atoms with Crippen molar-refractivity contribution >= 4 is 17.5 Å². The van der Waals surface area contributed by atoms with Gasteiger partial charge in [0.1, 0.15) is 0 Å². The quantitative estimate of drug-likeness (QED) is 0.858. The van der Waals surface area contributed by atoms with Gasteiger partial charge in [-0.25, -0.2) is 0 Å². The number of para-hydroxylation sites is 1. The van der Waals surface area contributed by atoms with Gasteiger partial charge < -0.3 is 10.2 Å². The topological polar surface area (TPSA) is 49.4 Å². The molecule has 0 saturated heterocycles. The van der Waals surface area contributed by atoms with E-state index in [0.29, 0.717) is 12.5 Å². The lowest BCUT2D eigenvalue weighted by molar-refractivity contribution is -0.137. The highest BCUT2D eigenvalue weighted by Crippen LogP contribution is 2.31. The Bertz CT molecular complexity index is 511. The van der Waals surface area contributed by atoms with Crippen LogP contribution in [-0.2, 0) is 16.0 Å². The van der Waals surface area contributed by atoms with Crippen molar-refractivity contribution in [2.45, 2.75) is 39.7 Å². The van der Waals surface area contributed by atoms with Crippen LogP contribution in [-0.4, -0.2) is 24.4 Å². The summed E-state index contributed by atoms with van der Waals surface area (Å²) >= 11 is 0. The van der Waals surface area contributed by atoms with Crippen LogP contribution in [0.1, 0.15) is 32.8 Å². The minimum atomic E-state index is -0.505. The molecule has 1 aromatic carbocycles. The minimum Gasteiger partial charge on any atom is -0.348 e. The highest BCUT2D eigenvalue weighted by Gasteiger charge is 2.33. The molecule has 20 heavy (non-hydrogen) atoms. The Balaban J connectivity index is 2.04. The van der Waals surface area contributed by atoms with E-state index in [-0.39, 0.29) is 6.04 Å². The molecule has 0 radical (unpaired) electrons. The molecule has 1 unspecified atom stereocenters. The fraction of sp³-hybridized carbons (Fsp3) is 0.500. The average molecular weight is 274 g/mol. The van der Waals surface area contributed by atoms with E-state index in [1.807, 2.05) is 31.2 Å². The third-order valence-corrected chi connectivity index (χ3v) is 3.63. The van der Waals surface area contributed by atoms with Crippen molar-refractivity contribution in [2.24, 2.45) is 5.92 Å². The summed E-state index contributed by atoms with van der Waals surface area (Å²) < 4.78 is 0. The van der Waals surface area contributed by atoms with Crippen LogP contribution in [0, 0.1) is 5.92 Å². The van der Waals surface area contributed by atoms with Crippen molar-refractivity contribution in [2.75, 3.05) is 11.4 Å². The van der Waals surface area contributed by atoms with E-state index >= 15 is 0 Å². The van der Waals surface area contributed by atoms with Crippen LogP contribution in [0.4, 0.5) is 5.69 Å². The molecular formula is C16H22N2O2. The van der Waals surface area contributed by atoms with Gasteiger partial charge in [0.25, 0.3) is 0 Å². The highest BCUT2D eigenvalue weighted by molar-refractivity contribution is 6.40. The number of rotatable bonds is 3. The summed E-state index contributed by atoms with van der Waals surface area (Å²) in [6, 6.07) is 7.81. The lowest BCUT2D eigenvalue weighted by atomic mass is 10.1. The summed E-state index contributed by atoms with van der Waals surface area (Å²) in [6.07, 6.45) is 1.69. The molecule has 2 amide bonds. The van der Waals surface area contributed by atoms with E-state index in [0.717, 1.165) is 24.1 Å². The van der Waals surface area contributed by atoms with Crippen LogP contribution < -0.4 is 10.2 Å². The summed E-state index contributed by atoms with van der Waals surface area (Å²) in [5, 5.41) is 2.71. The van der Waals surface area contributed by atoms with E-state index in [1.54, 1.807) is 4.90 Å². The SMILES string of the molecule is CC(C)CCNC(=O)C(=O)N1c2ccccc2CC1C. The molecular weight excluding hydrogens is 252 g/mol. The number of benzene rings is 1. The first-order valence-electron chi connectivity index (χ1n) is 7.20. The third-order valence-electron chi connectivity index (χ3n) is 3.63. The second kappa shape index (κ2) is 6.07. The smallest absolute Gasteiger partial charge is 0.316 e. The first kappa shape index (κ1) is 14.6. The molecule has 1 aliphatic rings. The minimum absolute atomic E-state index is 0.0377. The lowest BCUT2D eigenvalue weighted by Crippen LogP contribution is -2.46. The second-order valence-electron chi connectivity index (χ2n) is 5.80. The van der Waals surface area contributed by atoms with Gasteiger partial charge in [-0.15, -0.1) is 0 Å². The summed E-state index contributed by atoms with van der Waals surface area (Å²) in [5.74, 6) is -0.447. The maximum atomic E-state index is 12.3. The van der Waals surface area contributed by atoms with Crippen molar-refractivity contribution in [3.63, 3.8) is 0 Å². The van der Waals surface area contributed by atoms with Crippen LogP contribution in [0.15, 0.2) is 24.3 Å². The number of fused-ring (bicyclic) bond motifs is 1. The van der Waals surface area contributed by atoms with Crippen molar-refractivity contribution < 1.29 is 9.59 Å². The van der Waals surface area contributed by atoms with Crippen molar-refractivity contribution in [3.8, 4) is 0 Å². The van der Waals surface area contributed by atoms with Gasteiger partial charge in [-0.3, -0.25) is 9.59 Å². The zero-order valence-corrected chi connectivity index (χ0v) is 12.3. The van der Waals surface area contributed by atoms with Crippen LogP contribution in [0.2, 0.25) is 0 Å². The van der Waals surface area contributed by atoms with Gasteiger partial charge in [0.15, 0.2) is 0 Å². The molecule has 108 valence electrons. The predicted molar refractivity (Wildman–Crippen MR) is 79.6 cm³/mol. The Hall–Kier alpha value is -1.84. The molecule has 0 fully saturated rings. The number of carbonyl (C=O) groups excluding carboxylic acids is 2. The largest absolute Gasteiger partial charge is 0.348 e. The number of anilines is 1. The van der Waals surface area contributed by atoms with Crippen molar-refractivity contribution in [1.82, 2.24) is 5.32 Å². The van der Waals surface area contributed by atoms with Gasteiger partial charge in [0, 0.05) is 18.3 Å². The number of nitrogens with one attached hydrogen (secondary N) is 1. The number of carbonyl (C=O) groups is 2. The molecule has 4 nitrogen and oxygen atoms in total. The summed E-state index contributed by atoms with van der Waals surface area (Å²) in [6.45, 7) is 6.70. The van der Waals surface area contributed by atoms with Gasteiger partial charge in [-0.05, 0) is 37.3 Å². The summed E-state index contributed by atoms with van der Waals surface area (Å²) in [5.41, 5.74) is 1.99. The Morgan fingerprint density at radius 2 is 2.05 bits per heavy atom. The van der Waals surface area contributed by atoms with E-state index in [4.69, 9.17) is 0 Å².